The number of fused-ring (bicyclic) bond motifs is 1. The van der Waals surface area contributed by atoms with Gasteiger partial charge in [-0.1, -0.05) is 49.2 Å². The summed E-state index contributed by atoms with van der Waals surface area (Å²) < 4.78 is 27.7. The lowest BCUT2D eigenvalue weighted by Crippen LogP contribution is -2.37. The molecule has 9 heteroatoms. The second-order valence-electron chi connectivity index (χ2n) is 7.34. The molecule has 0 heterocycles. The number of hydrogen-bond donors (Lipinski definition) is 1. The van der Waals surface area contributed by atoms with Gasteiger partial charge >= 0.3 is 0 Å². The first-order valence-corrected chi connectivity index (χ1v) is 11.7. The summed E-state index contributed by atoms with van der Waals surface area (Å²) in [6, 6.07) is 17.0. The molecule has 0 saturated carbocycles. The third-order valence-electron chi connectivity index (χ3n) is 5.11. The Hall–Kier alpha value is -3.30. The maximum Gasteiger partial charge on any atom is 0.270 e. The number of carbonyl (C=O) groups excluding carboxylic acids is 1. The van der Waals surface area contributed by atoms with Crippen molar-refractivity contribution >= 4 is 32.4 Å². The molecular weight excluding hydrogens is 432 g/mol. The molecule has 8 nitrogen and oxygen atoms in total. The van der Waals surface area contributed by atoms with E-state index in [1.54, 1.807) is 18.2 Å². The van der Waals surface area contributed by atoms with Crippen LogP contribution >= 0.6 is 0 Å². The Labute approximate surface area is 186 Å². The molecule has 0 unspecified atom stereocenters. The number of amides is 1. The molecule has 0 saturated heterocycles. The smallest absolute Gasteiger partial charge is 0.270 e. The average Bonchev–Trinajstić information content (AvgIpc) is 2.80. The lowest BCUT2D eigenvalue weighted by molar-refractivity contribution is -0.384. The minimum absolute atomic E-state index is 0.0228. The minimum Gasteiger partial charge on any atom is -0.396 e. The Balaban J connectivity index is 1.97. The molecule has 32 heavy (non-hydrogen) atoms. The van der Waals surface area contributed by atoms with Gasteiger partial charge < -0.3 is 5.11 Å². The van der Waals surface area contributed by atoms with E-state index in [0.29, 0.717) is 25.7 Å². The van der Waals surface area contributed by atoms with Gasteiger partial charge in [-0.2, -0.15) is 0 Å². The van der Waals surface area contributed by atoms with Crippen LogP contribution in [-0.2, 0) is 10.0 Å². The number of aliphatic hydroxyl groups is 1. The van der Waals surface area contributed by atoms with Crippen LogP contribution in [0.4, 0.5) is 5.69 Å². The highest BCUT2D eigenvalue weighted by Crippen LogP contribution is 2.25. The molecule has 3 rings (SSSR count). The Morgan fingerprint density at radius 3 is 2.34 bits per heavy atom. The van der Waals surface area contributed by atoms with Crippen molar-refractivity contribution < 1.29 is 23.2 Å². The third-order valence-corrected chi connectivity index (χ3v) is 6.89. The molecule has 0 atom stereocenters. The first-order chi connectivity index (χ1) is 15.3. The van der Waals surface area contributed by atoms with Crippen LogP contribution in [0.1, 0.15) is 36.0 Å². The van der Waals surface area contributed by atoms with Gasteiger partial charge in [-0.05, 0) is 41.8 Å². The number of sulfonamides is 1. The third kappa shape index (κ3) is 5.30. The number of benzene rings is 3. The molecule has 0 aromatic heterocycles. The van der Waals surface area contributed by atoms with Crippen molar-refractivity contribution in [3.05, 3.63) is 82.4 Å². The SMILES string of the molecule is O=C(c1cccc([N+](=O)[O-])c1)N(CCCCCCO)S(=O)(=O)c1ccc2ccccc2c1. The van der Waals surface area contributed by atoms with Crippen molar-refractivity contribution in [2.45, 2.75) is 30.6 Å². The number of nitro benzene ring substituents is 1. The maximum atomic E-state index is 13.5. The number of non-ortho nitro benzene ring substituents is 1. The number of unbranched alkanes of at least 4 members (excludes halogenated alkanes) is 3. The summed E-state index contributed by atoms with van der Waals surface area (Å²) in [5.41, 5.74) is -0.360. The Morgan fingerprint density at radius 2 is 1.62 bits per heavy atom. The van der Waals surface area contributed by atoms with E-state index in [0.717, 1.165) is 21.1 Å². The van der Waals surface area contributed by atoms with Gasteiger partial charge in [0.15, 0.2) is 0 Å². The van der Waals surface area contributed by atoms with E-state index < -0.39 is 20.9 Å². The van der Waals surface area contributed by atoms with E-state index in [1.807, 2.05) is 12.1 Å². The average molecular weight is 457 g/mol. The zero-order valence-electron chi connectivity index (χ0n) is 17.4. The summed E-state index contributed by atoms with van der Waals surface area (Å²) in [6.45, 7) is -0.0200. The van der Waals surface area contributed by atoms with E-state index >= 15 is 0 Å². The van der Waals surface area contributed by atoms with Gasteiger partial charge in [0.25, 0.3) is 21.6 Å². The highest BCUT2D eigenvalue weighted by Gasteiger charge is 2.30. The second-order valence-corrected chi connectivity index (χ2v) is 9.20. The number of nitro groups is 1. The summed E-state index contributed by atoms with van der Waals surface area (Å²) in [5, 5.41) is 21.6. The monoisotopic (exact) mass is 456 g/mol. The van der Waals surface area contributed by atoms with E-state index in [4.69, 9.17) is 5.11 Å². The molecule has 0 spiro atoms. The van der Waals surface area contributed by atoms with E-state index in [9.17, 15) is 23.3 Å². The van der Waals surface area contributed by atoms with Gasteiger partial charge in [-0.15, -0.1) is 0 Å². The van der Waals surface area contributed by atoms with Crippen molar-refractivity contribution in [2.75, 3.05) is 13.2 Å². The molecule has 3 aromatic rings. The molecule has 168 valence electrons. The Morgan fingerprint density at radius 1 is 0.906 bits per heavy atom. The fourth-order valence-corrected chi connectivity index (χ4v) is 4.87. The molecule has 0 radical (unpaired) electrons. The van der Waals surface area contributed by atoms with Crippen molar-refractivity contribution in [1.82, 2.24) is 4.31 Å². The molecule has 1 amide bonds. The number of aliphatic hydroxyl groups excluding tert-OH is 1. The number of nitrogens with zero attached hydrogens (tertiary/aromatic N) is 2. The van der Waals surface area contributed by atoms with Crippen LogP contribution in [0.5, 0.6) is 0 Å². The summed E-state index contributed by atoms with van der Waals surface area (Å²) >= 11 is 0. The predicted octanol–water partition coefficient (Wildman–Crippen LogP) is 4.13. The minimum atomic E-state index is -4.20. The predicted molar refractivity (Wildman–Crippen MR) is 121 cm³/mol. The highest BCUT2D eigenvalue weighted by molar-refractivity contribution is 7.89. The number of hydrogen-bond acceptors (Lipinski definition) is 6. The summed E-state index contributed by atoms with van der Waals surface area (Å²) in [4.78, 5) is 23.7. The Kier molecular flexibility index (Phi) is 7.55. The Bertz CT molecular complexity index is 1230. The molecule has 0 bridgehead atoms. The van der Waals surface area contributed by atoms with Gasteiger partial charge in [0.05, 0.1) is 9.82 Å². The van der Waals surface area contributed by atoms with Crippen LogP contribution in [0.2, 0.25) is 0 Å². The summed E-state index contributed by atoms with van der Waals surface area (Å²) in [7, 11) is -4.20. The topological polar surface area (TPSA) is 118 Å². The van der Waals surface area contributed by atoms with Crippen molar-refractivity contribution in [2.24, 2.45) is 0 Å². The molecule has 3 aromatic carbocycles. The van der Waals surface area contributed by atoms with Crippen molar-refractivity contribution in [3.8, 4) is 0 Å². The van der Waals surface area contributed by atoms with Gasteiger partial charge in [0.1, 0.15) is 0 Å². The van der Waals surface area contributed by atoms with Crippen LogP contribution in [0.15, 0.2) is 71.6 Å². The van der Waals surface area contributed by atoms with Crippen LogP contribution in [-0.4, -0.2) is 41.8 Å². The molecule has 0 aliphatic heterocycles. The highest BCUT2D eigenvalue weighted by atomic mass is 32.2. The fourth-order valence-electron chi connectivity index (χ4n) is 3.40. The first-order valence-electron chi connectivity index (χ1n) is 10.3. The van der Waals surface area contributed by atoms with Crippen LogP contribution < -0.4 is 0 Å². The van der Waals surface area contributed by atoms with Gasteiger partial charge in [-0.3, -0.25) is 14.9 Å². The number of rotatable bonds is 10. The molecule has 0 aliphatic rings. The van der Waals surface area contributed by atoms with Gasteiger partial charge in [0.2, 0.25) is 0 Å². The van der Waals surface area contributed by atoms with E-state index in [1.165, 1.54) is 30.3 Å². The largest absolute Gasteiger partial charge is 0.396 e. The van der Waals surface area contributed by atoms with Crippen LogP contribution in [0.25, 0.3) is 10.8 Å². The zero-order valence-corrected chi connectivity index (χ0v) is 18.2. The summed E-state index contributed by atoms with van der Waals surface area (Å²) in [6.07, 6.45) is 2.33. The lowest BCUT2D eigenvalue weighted by Gasteiger charge is -2.23. The zero-order chi connectivity index (χ0) is 23.1. The molecular formula is C23H24N2O6S. The quantitative estimate of drug-likeness (QED) is 0.278. The molecule has 1 N–H and O–H groups in total. The van der Waals surface area contributed by atoms with Gasteiger partial charge in [-0.25, -0.2) is 12.7 Å². The molecule has 0 aliphatic carbocycles. The van der Waals surface area contributed by atoms with Crippen molar-refractivity contribution in [1.29, 1.82) is 0 Å². The van der Waals surface area contributed by atoms with Crippen molar-refractivity contribution in [3.63, 3.8) is 0 Å². The van der Waals surface area contributed by atoms with E-state index in [2.05, 4.69) is 0 Å². The number of carbonyl (C=O) groups is 1. The lowest BCUT2D eigenvalue weighted by atomic mass is 10.1. The maximum absolute atomic E-state index is 13.5. The van der Waals surface area contributed by atoms with Crippen LogP contribution in [0, 0.1) is 10.1 Å². The summed E-state index contributed by atoms with van der Waals surface area (Å²) in [5.74, 6) is -0.816. The van der Waals surface area contributed by atoms with Gasteiger partial charge in [0, 0.05) is 30.8 Å². The molecule has 0 fully saturated rings. The normalized spacial score (nSPS) is 11.4. The van der Waals surface area contributed by atoms with E-state index in [-0.39, 0.29) is 29.3 Å². The standard InChI is InChI=1S/C23H24N2O6S/c26-15-6-2-1-5-14-24(23(27)20-10-7-11-21(16-20)25(28)29)32(30,31)22-13-12-18-8-3-4-9-19(18)17-22/h3-4,7-13,16-17,26H,1-2,5-6,14-15H2. The first kappa shape index (κ1) is 23.4. The van der Waals surface area contributed by atoms with Crippen LogP contribution in [0.3, 0.4) is 0 Å². The fraction of sp³-hybridized carbons (Fsp3) is 0.261. The second kappa shape index (κ2) is 10.3.